The quantitative estimate of drug-likeness (QED) is 0.0212. The van der Waals surface area contributed by atoms with Gasteiger partial charge in [0.1, 0.15) is 9.79 Å². The molecule has 4 aromatic carbocycles. The Hall–Kier alpha value is -4.08. The Kier molecular flexibility index (Phi) is 24.8. The number of hydrogen-bond acceptors (Lipinski definition) is 24. The van der Waals surface area contributed by atoms with E-state index in [2.05, 4.69) is 51.2 Å². The molecule has 0 spiro atoms. The van der Waals surface area contributed by atoms with Crippen LogP contribution in [0.4, 0.5) is 58.4 Å². The molecule has 12 N–H and O–H groups in total. The van der Waals surface area contributed by atoms with Gasteiger partial charge in [-0.1, -0.05) is 36.4 Å². The molecule has 0 aliphatic heterocycles. The summed E-state index contributed by atoms with van der Waals surface area (Å²) >= 11 is 0. The van der Waals surface area contributed by atoms with Gasteiger partial charge < -0.3 is 51.5 Å². The summed E-state index contributed by atoms with van der Waals surface area (Å²) in [6, 6.07) is 17.0. The first-order valence-electron chi connectivity index (χ1n) is 20.6. The molecule has 0 unspecified atom stereocenters. The van der Waals surface area contributed by atoms with Crippen molar-refractivity contribution in [2.24, 2.45) is 0 Å². The van der Waals surface area contributed by atoms with Crippen LogP contribution < -0.4 is 31.1 Å². The molecule has 0 saturated heterocycles. The minimum absolute atomic E-state index is 0. The topological polar surface area (TPSA) is 430 Å². The van der Waals surface area contributed by atoms with Gasteiger partial charge in [0.2, 0.25) is 35.7 Å². The van der Waals surface area contributed by atoms with Gasteiger partial charge in [-0.2, -0.15) is 63.6 Å². The van der Waals surface area contributed by atoms with E-state index < -0.39 is 86.5 Å². The van der Waals surface area contributed by atoms with Crippen LogP contribution in [0.25, 0.3) is 12.2 Å². The molecule has 2 heterocycles. The zero-order valence-corrected chi connectivity index (χ0v) is 40.2. The van der Waals surface area contributed by atoms with Crippen LogP contribution in [0.3, 0.4) is 0 Å². The molecular formula is C40H47N12Na3O16S4. The van der Waals surface area contributed by atoms with Crippen LogP contribution in [0, 0.1) is 0 Å². The predicted octanol–water partition coefficient (Wildman–Crippen LogP) is -0.175. The summed E-state index contributed by atoms with van der Waals surface area (Å²) in [5.74, 6) is -1.18. The van der Waals surface area contributed by atoms with Crippen LogP contribution in [-0.4, -0.2) is 243 Å². The van der Waals surface area contributed by atoms with Crippen molar-refractivity contribution in [2.45, 2.75) is 19.6 Å². The second-order valence-corrected chi connectivity index (χ2v) is 20.4. The fraction of sp³-hybridized carbons (Fsp3) is 0.200. The molecule has 0 amide bonds. The molecule has 0 aliphatic rings. The van der Waals surface area contributed by atoms with Gasteiger partial charge in [-0.3, -0.25) is 18.2 Å². The summed E-state index contributed by atoms with van der Waals surface area (Å²) in [6.07, 6.45) is 2.25. The fourth-order valence-corrected chi connectivity index (χ4v) is 8.93. The van der Waals surface area contributed by atoms with Crippen LogP contribution in [0.15, 0.2) is 105 Å². The summed E-state index contributed by atoms with van der Waals surface area (Å²) in [4.78, 5) is 26.1. The number of rotatable bonds is 24. The van der Waals surface area contributed by atoms with Crippen molar-refractivity contribution in [3.8, 4) is 0 Å². The standard InChI is InChI=1S/C40H44N12O16S4.3Na.3H/c53-17-13-51(14-18-54)39-47-35(41-27-3-1-5-31(21-27)69(57,58)59)45-37(49-39)43-29-11-9-25(33(23-29)71(63,64)65)7-8-26-10-12-30(24-34(26)72(66,67)68)44-38-46-36(48-40(50-38)52(15-19-55)16-20-56)42-28-4-2-6-32(22-28)70(60,61)62;;;;;;/h1-12,21-24,53-56H,13-20H2,(H,57,58,59)(H,60,61,62)(H,63,64,65)(H,66,67,68)(H2,41,43,45,47,49)(H2,42,44,46,48,50);;;;;;. The Bertz CT molecular complexity index is 3210. The molecule has 0 aliphatic carbocycles. The van der Waals surface area contributed by atoms with Gasteiger partial charge in [-0.05, 0) is 71.8 Å². The van der Waals surface area contributed by atoms with E-state index in [-0.39, 0.29) is 184 Å². The number of nitrogens with one attached hydrogen (secondary N) is 4. The first kappa shape index (κ1) is 65.2. The molecule has 6 aromatic rings. The summed E-state index contributed by atoms with van der Waals surface area (Å²) in [5, 5.41) is 49.7. The van der Waals surface area contributed by atoms with Crippen LogP contribution >= 0.6 is 0 Å². The normalized spacial score (nSPS) is 11.7. The average molecular weight is 1150 g/mol. The summed E-state index contributed by atoms with van der Waals surface area (Å²) in [5.41, 5.74) is -0.244. The van der Waals surface area contributed by atoms with E-state index in [1.807, 2.05) is 0 Å². The van der Waals surface area contributed by atoms with Crippen molar-refractivity contribution in [3.05, 3.63) is 96.1 Å². The summed E-state index contributed by atoms with van der Waals surface area (Å²) < 4.78 is 138. The van der Waals surface area contributed by atoms with E-state index in [0.717, 1.165) is 48.6 Å². The van der Waals surface area contributed by atoms with Gasteiger partial charge in [-0.25, -0.2) is 0 Å². The van der Waals surface area contributed by atoms with Crippen molar-refractivity contribution in [2.75, 3.05) is 83.7 Å². The third-order valence-corrected chi connectivity index (χ3v) is 13.1. The van der Waals surface area contributed by atoms with Crippen LogP contribution in [0.2, 0.25) is 0 Å². The van der Waals surface area contributed by atoms with Crippen molar-refractivity contribution in [1.29, 1.82) is 0 Å². The maximum absolute atomic E-state index is 12.8. The number of nitrogens with zero attached hydrogens (tertiary/aromatic N) is 8. The van der Waals surface area contributed by atoms with E-state index in [0.29, 0.717) is 0 Å². The van der Waals surface area contributed by atoms with E-state index in [1.165, 1.54) is 58.3 Å². The number of benzene rings is 4. The van der Waals surface area contributed by atoms with Gasteiger partial charge in [-0.15, -0.1) is 0 Å². The van der Waals surface area contributed by atoms with Crippen molar-refractivity contribution in [3.63, 3.8) is 0 Å². The third kappa shape index (κ3) is 18.8. The van der Waals surface area contributed by atoms with Crippen LogP contribution in [0.5, 0.6) is 0 Å². The molecular weight excluding hydrogens is 1100 g/mol. The second kappa shape index (κ2) is 28.5. The van der Waals surface area contributed by atoms with E-state index in [9.17, 15) is 72.3 Å². The van der Waals surface area contributed by atoms with Crippen molar-refractivity contribution >= 4 is 200 Å². The number of aromatic nitrogens is 6. The van der Waals surface area contributed by atoms with Crippen LogP contribution in [0.1, 0.15) is 11.1 Å². The molecule has 35 heteroatoms. The van der Waals surface area contributed by atoms with Gasteiger partial charge in [0.15, 0.2) is 0 Å². The SMILES string of the molecule is O=S(=O)(O)c1cccc(Nc2nc(Nc3ccc(C=Cc4ccc(Nc5nc(Nc6cccc(S(=O)(=O)O)c6)nc(N(CCO)CCO)n5)cc4S(=O)(=O)O)c(S(=O)(=O)O)c3)nc(N(CCO)CCO)n2)c1.[NaH].[NaH].[NaH]. The Morgan fingerprint density at radius 1 is 0.400 bits per heavy atom. The van der Waals surface area contributed by atoms with Gasteiger partial charge in [0.25, 0.3) is 40.5 Å². The minimum atomic E-state index is -5.04. The Labute approximate surface area is 496 Å². The number of hydrogen-bond donors (Lipinski definition) is 12. The van der Waals surface area contributed by atoms with Gasteiger partial charge >= 0.3 is 88.7 Å². The Morgan fingerprint density at radius 2 is 0.693 bits per heavy atom. The average Bonchev–Trinajstić information content (AvgIpc) is 3.30. The Balaban J connectivity index is 0.00000494. The summed E-state index contributed by atoms with van der Waals surface area (Å²) in [6.45, 7) is -1.83. The zero-order valence-electron chi connectivity index (χ0n) is 36.9. The Morgan fingerprint density at radius 3 is 0.960 bits per heavy atom. The number of aliphatic hydroxyl groups excluding tert-OH is 4. The molecule has 0 fully saturated rings. The predicted molar refractivity (Wildman–Crippen MR) is 281 cm³/mol. The molecule has 75 heavy (non-hydrogen) atoms. The maximum atomic E-state index is 12.8. The number of anilines is 10. The van der Waals surface area contributed by atoms with Crippen molar-refractivity contribution in [1.82, 2.24) is 29.9 Å². The van der Waals surface area contributed by atoms with Crippen molar-refractivity contribution < 1.29 is 72.3 Å². The molecule has 28 nitrogen and oxygen atoms in total. The van der Waals surface area contributed by atoms with E-state index >= 15 is 0 Å². The first-order chi connectivity index (χ1) is 34.0. The van der Waals surface area contributed by atoms with E-state index in [4.69, 9.17) is 0 Å². The van der Waals surface area contributed by atoms with Gasteiger partial charge in [0.05, 0.1) is 36.2 Å². The molecule has 0 atom stereocenters. The van der Waals surface area contributed by atoms with Gasteiger partial charge in [0, 0.05) is 48.9 Å². The fourth-order valence-electron chi connectivity index (χ4n) is 6.45. The number of aliphatic hydroxyl groups is 4. The summed E-state index contributed by atoms with van der Waals surface area (Å²) in [7, 11) is -19.3. The third-order valence-electron chi connectivity index (χ3n) is 9.61. The second-order valence-electron chi connectivity index (χ2n) is 14.7. The van der Waals surface area contributed by atoms with Crippen LogP contribution in [-0.2, 0) is 40.5 Å². The monoisotopic (exact) mass is 1150 g/mol. The van der Waals surface area contributed by atoms with E-state index in [1.54, 1.807) is 0 Å². The molecule has 390 valence electrons. The first-order valence-corrected chi connectivity index (χ1v) is 26.3. The molecule has 0 bridgehead atoms. The molecule has 0 saturated carbocycles. The molecule has 6 rings (SSSR count). The zero-order chi connectivity index (χ0) is 52.4. The molecule has 2 aromatic heterocycles. The molecule has 0 radical (unpaired) electrons.